The Morgan fingerprint density at radius 1 is 1.37 bits per heavy atom. The number of aryl methyl sites for hydroxylation is 1. The first kappa shape index (κ1) is 13.5. The monoisotopic (exact) mass is 281 g/mol. The van der Waals surface area contributed by atoms with E-state index in [1.807, 2.05) is 12.1 Å². The Hall–Kier alpha value is -1.89. The van der Waals surface area contributed by atoms with Gasteiger partial charge in [0.05, 0.1) is 13.0 Å². The number of hydrogen-bond donors (Lipinski definition) is 3. The van der Waals surface area contributed by atoms with Crippen molar-refractivity contribution in [3.63, 3.8) is 0 Å². The summed E-state index contributed by atoms with van der Waals surface area (Å²) in [5, 5.41) is 7.22. The van der Waals surface area contributed by atoms with Crippen LogP contribution in [0.1, 0.15) is 23.1 Å². The Labute approximate surface area is 114 Å². The largest absolute Gasteiger partial charge is 0.351 e. The highest BCUT2D eigenvalue weighted by Gasteiger charge is 2.31. The Morgan fingerprint density at radius 3 is 2.68 bits per heavy atom. The van der Waals surface area contributed by atoms with Crippen LogP contribution in [0.5, 0.6) is 0 Å². The maximum atomic E-state index is 11.7. The highest BCUT2D eigenvalue weighted by Crippen LogP contribution is 2.16. The van der Waals surface area contributed by atoms with Gasteiger partial charge in [0.1, 0.15) is 6.04 Å². The van der Waals surface area contributed by atoms with Gasteiger partial charge >= 0.3 is 6.03 Å². The molecule has 0 aromatic carbocycles. The summed E-state index contributed by atoms with van der Waals surface area (Å²) in [4.78, 5) is 36.2. The molecule has 0 aliphatic carbocycles. The molecule has 2 rings (SSSR count). The van der Waals surface area contributed by atoms with Crippen molar-refractivity contribution in [1.29, 1.82) is 0 Å². The predicted molar refractivity (Wildman–Crippen MR) is 70.6 cm³/mol. The van der Waals surface area contributed by atoms with Crippen LogP contribution in [0.15, 0.2) is 12.1 Å². The molecule has 19 heavy (non-hydrogen) atoms. The van der Waals surface area contributed by atoms with Crippen molar-refractivity contribution in [1.82, 2.24) is 16.0 Å². The van der Waals surface area contributed by atoms with Crippen LogP contribution in [0, 0.1) is 0 Å². The average Bonchev–Trinajstić information content (AvgIpc) is 2.94. The van der Waals surface area contributed by atoms with Gasteiger partial charge in [-0.1, -0.05) is 6.92 Å². The van der Waals surface area contributed by atoms with Crippen LogP contribution < -0.4 is 16.0 Å². The molecule has 1 aliphatic rings. The van der Waals surface area contributed by atoms with E-state index in [-0.39, 0.29) is 12.3 Å². The summed E-state index contributed by atoms with van der Waals surface area (Å²) in [6, 6.07) is 2.71. The molecule has 3 N–H and O–H groups in total. The molecule has 7 heteroatoms. The lowest BCUT2D eigenvalue weighted by molar-refractivity contribution is -0.126. The second-order valence-electron chi connectivity index (χ2n) is 4.22. The lowest BCUT2D eigenvalue weighted by Crippen LogP contribution is -2.35. The Balaban J connectivity index is 1.78. The number of rotatable bonds is 5. The third kappa shape index (κ3) is 3.54. The van der Waals surface area contributed by atoms with Gasteiger partial charge in [0.2, 0.25) is 5.91 Å². The number of urea groups is 1. The van der Waals surface area contributed by atoms with Crippen LogP contribution in [0.25, 0.3) is 0 Å². The second kappa shape index (κ2) is 5.83. The molecule has 1 atom stereocenters. The van der Waals surface area contributed by atoms with Crippen LogP contribution in [0.3, 0.4) is 0 Å². The van der Waals surface area contributed by atoms with E-state index in [4.69, 9.17) is 0 Å². The van der Waals surface area contributed by atoms with Gasteiger partial charge in [-0.2, -0.15) is 0 Å². The van der Waals surface area contributed by atoms with E-state index in [0.717, 1.165) is 11.3 Å². The fourth-order valence-corrected chi connectivity index (χ4v) is 2.65. The van der Waals surface area contributed by atoms with Crippen molar-refractivity contribution in [2.24, 2.45) is 0 Å². The Bertz CT molecular complexity index is 512. The molecule has 2 heterocycles. The zero-order valence-corrected chi connectivity index (χ0v) is 11.3. The van der Waals surface area contributed by atoms with Crippen LogP contribution in [-0.2, 0) is 22.6 Å². The molecule has 0 saturated carbocycles. The van der Waals surface area contributed by atoms with Crippen LogP contribution in [-0.4, -0.2) is 23.9 Å². The molecular formula is C12H15N3O3S. The molecule has 1 aliphatic heterocycles. The van der Waals surface area contributed by atoms with Crippen molar-refractivity contribution in [2.75, 3.05) is 0 Å². The summed E-state index contributed by atoms with van der Waals surface area (Å²) in [7, 11) is 0. The van der Waals surface area contributed by atoms with E-state index in [1.54, 1.807) is 11.3 Å². The SMILES string of the molecule is CCc1ccc(CNC(=O)C[C@H]2NC(=O)NC2=O)s1. The second-order valence-corrected chi connectivity index (χ2v) is 5.47. The van der Waals surface area contributed by atoms with Gasteiger partial charge in [-0.3, -0.25) is 14.9 Å². The molecule has 0 bridgehead atoms. The normalized spacial score (nSPS) is 18.1. The van der Waals surface area contributed by atoms with Crippen LogP contribution >= 0.6 is 11.3 Å². The van der Waals surface area contributed by atoms with E-state index in [1.165, 1.54) is 4.88 Å². The third-order valence-corrected chi connectivity index (χ3v) is 4.00. The lowest BCUT2D eigenvalue weighted by atomic mass is 10.2. The highest BCUT2D eigenvalue weighted by molar-refractivity contribution is 7.11. The molecule has 0 unspecified atom stereocenters. The molecule has 1 aromatic heterocycles. The van der Waals surface area contributed by atoms with Crippen molar-refractivity contribution >= 4 is 29.2 Å². The number of thiophene rings is 1. The molecule has 4 amide bonds. The summed E-state index contributed by atoms with van der Waals surface area (Å²) in [5.74, 6) is -0.710. The molecular weight excluding hydrogens is 266 g/mol. The first-order valence-corrected chi connectivity index (χ1v) is 6.85. The van der Waals surface area contributed by atoms with Gasteiger partial charge in [-0.25, -0.2) is 4.79 Å². The van der Waals surface area contributed by atoms with Gasteiger partial charge in [0.25, 0.3) is 5.91 Å². The summed E-state index contributed by atoms with van der Waals surface area (Å²) in [6.07, 6.45) is 0.941. The van der Waals surface area contributed by atoms with Crippen molar-refractivity contribution in [3.8, 4) is 0 Å². The van der Waals surface area contributed by atoms with Gasteiger partial charge < -0.3 is 10.6 Å². The molecule has 6 nitrogen and oxygen atoms in total. The van der Waals surface area contributed by atoms with Crippen molar-refractivity contribution < 1.29 is 14.4 Å². The number of carbonyl (C=O) groups is 3. The van der Waals surface area contributed by atoms with Crippen LogP contribution in [0.2, 0.25) is 0 Å². The summed E-state index contributed by atoms with van der Waals surface area (Å²) >= 11 is 1.65. The van der Waals surface area contributed by atoms with Gasteiger partial charge in [-0.05, 0) is 18.6 Å². The minimum atomic E-state index is -0.762. The lowest BCUT2D eigenvalue weighted by Gasteiger charge is -2.07. The zero-order chi connectivity index (χ0) is 13.8. The van der Waals surface area contributed by atoms with Gasteiger partial charge in [0.15, 0.2) is 0 Å². The summed E-state index contributed by atoms with van der Waals surface area (Å²) < 4.78 is 0. The summed E-state index contributed by atoms with van der Waals surface area (Å²) in [5.41, 5.74) is 0. The average molecular weight is 281 g/mol. The van der Waals surface area contributed by atoms with E-state index < -0.39 is 18.0 Å². The number of amides is 4. The van der Waals surface area contributed by atoms with E-state index in [2.05, 4.69) is 22.9 Å². The van der Waals surface area contributed by atoms with Crippen molar-refractivity contribution in [3.05, 3.63) is 21.9 Å². The fourth-order valence-electron chi connectivity index (χ4n) is 1.75. The minimum absolute atomic E-state index is 0.0381. The first-order valence-electron chi connectivity index (χ1n) is 6.04. The van der Waals surface area contributed by atoms with Gasteiger partial charge in [-0.15, -0.1) is 11.3 Å². The van der Waals surface area contributed by atoms with Crippen molar-refractivity contribution in [2.45, 2.75) is 32.4 Å². The molecule has 1 fully saturated rings. The fraction of sp³-hybridized carbons (Fsp3) is 0.417. The quantitative estimate of drug-likeness (QED) is 0.688. The molecule has 1 aromatic rings. The Morgan fingerprint density at radius 2 is 2.11 bits per heavy atom. The summed E-state index contributed by atoms with van der Waals surface area (Å²) in [6.45, 7) is 2.53. The predicted octanol–water partition coefficient (Wildman–Crippen LogP) is 0.525. The topological polar surface area (TPSA) is 87.3 Å². The molecule has 102 valence electrons. The number of nitrogens with one attached hydrogen (secondary N) is 3. The van der Waals surface area contributed by atoms with E-state index in [0.29, 0.717) is 6.54 Å². The highest BCUT2D eigenvalue weighted by atomic mass is 32.1. The number of hydrogen-bond acceptors (Lipinski definition) is 4. The third-order valence-electron chi connectivity index (χ3n) is 2.77. The first-order chi connectivity index (χ1) is 9.08. The molecule has 0 radical (unpaired) electrons. The van der Waals surface area contributed by atoms with E-state index in [9.17, 15) is 14.4 Å². The number of imide groups is 1. The maximum absolute atomic E-state index is 11.7. The maximum Gasteiger partial charge on any atom is 0.322 e. The number of carbonyl (C=O) groups excluding carboxylic acids is 3. The standard InChI is InChI=1S/C12H15N3O3S/c1-2-7-3-4-8(19-7)6-13-10(16)5-9-11(17)15-12(18)14-9/h3-4,9H,2,5-6H2,1H3,(H,13,16)(H2,14,15,17,18)/t9-/m1/s1. The Kier molecular flexibility index (Phi) is 4.16. The van der Waals surface area contributed by atoms with Gasteiger partial charge in [0, 0.05) is 9.75 Å². The molecule has 0 spiro atoms. The zero-order valence-electron chi connectivity index (χ0n) is 10.5. The van der Waals surface area contributed by atoms with Crippen LogP contribution in [0.4, 0.5) is 4.79 Å². The van der Waals surface area contributed by atoms with E-state index >= 15 is 0 Å². The smallest absolute Gasteiger partial charge is 0.322 e. The molecule has 1 saturated heterocycles. The minimum Gasteiger partial charge on any atom is -0.351 e.